The number of aromatic nitrogens is 3. The number of halogens is 2. The molecule has 10 heteroatoms. The molecule has 0 unspecified atom stereocenters. The number of primary amides is 1. The van der Waals surface area contributed by atoms with Gasteiger partial charge in [0.15, 0.2) is 5.82 Å². The summed E-state index contributed by atoms with van der Waals surface area (Å²) in [7, 11) is 0. The first-order valence-corrected chi connectivity index (χ1v) is 11.9. The van der Waals surface area contributed by atoms with E-state index in [1.165, 1.54) is 4.57 Å². The van der Waals surface area contributed by atoms with E-state index < -0.39 is 11.9 Å². The van der Waals surface area contributed by atoms with Crippen molar-refractivity contribution in [3.05, 3.63) is 117 Å². The van der Waals surface area contributed by atoms with Gasteiger partial charge in [-0.15, -0.1) is 24.8 Å². The second-order valence-electron chi connectivity index (χ2n) is 9.04. The molecule has 4 N–H and O–H groups in total. The Morgan fingerprint density at radius 2 is 1.63 bits per heavy atom. The van der Waals surface area contributed by atoms with Crippen molar-refractivity contribution in [2.45, 2.75) is 38.4 Å². The zero-order valence-electron chi connectivity index (χ0n) is 20.9. The number of nitrogens with zero attached hydrogens (tertiary/aromatic N) is 4. The Morgan fingerprint density at radius 3 is 2.18 bits per heavy atom. The number of amides is 1. The monoisotopic (exact) mass is 552 g/mol. The smallest absolute Gasteiger partial charge is 0.294 e. The summed E-state index contributed by atoms with van der Waals surface area (Å²) in [4.78, 5) is 37.1. The second-order valence-corrected chi connectivity index (χ2v) is 9.04. The van der Waals surface area contributed by atoms with Crippen molar-refractivity contribution in [2.24, 2.45) is 5.73 Å². The van der Waals surface area contributed by atoms with Crippen LogP contribution in [0.4, 0.5) is 11.6 Å². The van der Waals surface area contributed by atoms with Gasteiger partial charge in [-0.2, -0.15) is 0 Å². The zero-order valence-corrected chi connectivity index (χ0v) is 22.5. The Labute approximate surface area is 233 Å². The summed E-state index contributed by atoms with van der Waals surface area (Å²) in [6.45, 7) is 2.26. The number of anilines is 2. The van der Waals surface area contributed by atoms with E-state index in [2.05, 4.69) is 9.97 Å². The van der Waals surface area contributed by atoms with Crippen LogP contribution in [0.15, 0.2) is 83.8 Å². The van der Waals surface area contributed by atoms with Gasteiger partial charge in [-0.25, -0.2) is 9.97 Å². The van der Waals surface area contributed by atoms with Crippen molar-refractivity contribution in [1.29, 1.82) is 0 Å². The number of hydrogen-bond donors (Lipinski definition) is 2. The molecule has 0 aliphatic carbocycles. The van der Waals surface area contributed by atoms with Crippen molar-refractivity contribution < 1.29 is 4.79 Å². The van der Waals surface area contributed by atoms with E-state index in [0.717, 1.165) is 22.4 Å². The molecule has 3 heterocycles. The molecule has 0 fully saturated rings. The van der Waals surface area contributed by atoms with Crippen LogP contribution in [0.25, 0.3) is 0 Å². The molecular weight excluding hydrogens is 523 g/mol. The fraction of sp³-hybridized carbons (Fsp3) is 0.214. The highest BCUT2D eigenvalue weighted by Crippen LogP contribution is 2.34. The molecule has 8 nitrogen and oxygen atoms in total. The highest BCUT2D eigenvalue weighted by Gasteiger charge is 2.33. The number of hydrogen-bond acceptors (Lipinski definition) is 6. The SMILES string of the molecule is Cc1nc(N)ccc1CN(c1ncc2n(c1=O)[C@H](C(N)=O)CC2)C(c1ccccc1)c1ccccc1.Cl.Cl. The summed E-state index contributed by atoms with van der Waals surface area (Å²) < 4.78 is 1.51. The van der Waals surface area contributed by atoms with E-state index >= 15 is 0 Å². The van der Waals surface area contributed by atoms with Gasteiger partial charge >= 0.3 is 0 Å². The quantitative estimate of drug-likeness (QED) is 0.355. The third-order valence-corrected chi connectivity index (χ3v) is 6.74. The van der Waals surface area contributed by atoms with Crippen molar-refractivity contribution in [1.82, 2.24) is 14.5 Å². The Morgan fingerprint density at radius 1 is 1.03 bits per heavy atom. The minimum Gasteiger partial charge on any atom is -0.384 e. The summed E-state index contributed by atoms with van der Waals surface area (Å²) in [6, 6.07) is 22.7. The van der Waals surface area contributed by atoms with Crippen molar-refractivity contribution in [3.63, 3.8) is 0 Å². The molecule has 4 aromatic rings. The van der Waals surface area contributed by atoms with Crippen LogP contribution in [0.2, 0.25) is 0 Å². The molecule has 0 radical (unpaired) electrons. The van der Waals surface area contributed by atoms with Crippen molar-refractivity contribution in [2.75, 3.05) is 10.6 Å². The summed E-state index contributed by atoms with van der Waals surface area (Å²) in [5.74, 6) is 0.173. The summed E-state index contributed by atoms with van der Waals surface area (Å²) in [5, 5.41) is 0. The topological polar surface area (TPSA) is 120 Å². The van der Waals surface area contributed by atoms with Crippen LogP contribution in [-0.2, 0) is 17.8 Å². The number of carbonyl (C=O) groups is 1. The molecule has 0 spiro atoms. The molecule has 198 valence electrons. The molecule has 5 rings (SSSR count). The Bertz CT molecular complexity index is 1420. The fourth-order valence-electron chi connectivity index (χ4n) is 4.97. The normalized spacial score (nSPS) is 13.8. The molecule has 0 saturated carbocycles. The standard InChI is InChI=1S/C28H28N6O2.2ClH/c1-18-21(12-15-24(29)32-18)17-33(25(19-8-4-2-5-9-19)20-10-6-3-7-11-20)27-28(36)34-22(16-31-27)13-14-23(34)26(30)35;;/h2-12,15-16,23,25H,13-14,17H2,1H3,(H2,29,32)(H2,30,35);2*1H/t23-;;/m0../s1. The summed E-state index contributed by atoms with van der Waals surface area (Å²) >= 11 is 0. The van der Waals surface area contributed by atoms with E-state index in [-0.39, 0.29) is 42.2 Å². The van der Waals surface area contributed by atoms with Crippen LogP contribution in [-0.4, -0.2) is 20.4 Å². The molecule has 1 aliphatic rings. The Hall–Kier alpha value is -3.88. The molecule has 1 amide bonds. The third kappa shape index (κ3) is 5.51. The van der Waals surface area contributed by atoms with E-state index in [0.29, 0.717) is 30.9 Å². The highest BCUT2D eigenvalue weighted by atomic mass is 35.5. The van der Waals surface area contributed by atoms with Crippen molar-refractivity contribution >= 4 is 42.4 Å². The Balaban J connectivity index is 0.00000200. The molecule has 1 atom stereocenters. The first kappa shape index (κ1) is 28.7. The molecule has 2 aromatic carbocycles. The molecule has 0 saturated heterocycles. The van der Waals surface area contributed by atoms with Crippen LogP contribution in [0.1, 0.15) is 46.6 Å². The van der Waals surface area contributed by atoms with Crippen LogP contribution < -0.4 is 21.9 Å². The maximum Gasteiger partial charge on any atom is 0.294 e. The first-order chi connectivity index (χ1) is 17.4. The van der Waals surface area contributed by atoms with Gasteiger partial charge in [0.1, 0.15) is 11.9 Å². The van der Waals surface area contributed by atoms with Crippen LogP contribution in [0.5, 0.6) is 0 Å². The van der Waals surface area contributed by atoms with Gasteiger partial charge in [0.25, 0.3) is 5.56 Å². The summed E-state index contributed by atoms with van der Waals surface area (Å²) in [5.41, 5.74) is 15.6. The number of nitrogens with two attached hydrogens (primary N) is 2. The lowest BCUT2D eigenvalue weighted by atomic mass is 9.96. The number of pyridine rings is 1. The number of carbonyl (C=O) groups excluding carboxylic acids is 1. The molecule has 1 aliphatic heterocycles. The summed E-state index contributed by atoms with van der Waals surface area (Å²) in [6.07, 6.45) is 2.77. The van der Waals surface area contributed by atoms with Crippen molar-refractivity contribution in [3.8, 4) is 0 Å². The third-order valence-electron chi connectivity index (χ3n) is 6.74. The van der Waals surface area contributed by atoms with Gasteiger partial charge in [0.2, 0.25) is 5.91 Å². The maximum absolute atomic E-state index is 13.9. The lowest BCUT2D eigenvalue weighted by Gasteiger charge is -2.34. The maximum atomic E-state index is 13.9. The number of aryl methyl sites for hydroxylation is 2. The number of fused-ring (bicyclic) bond motifs is 1. The fourth-order valence-corrected chi connectivity index (χ4v) is 4.97. The number of nitrogen functional groups attached to an aromatic ring is 1. The predicted octanol–water partition coefficient (Wildman–Crippen LogP) is 4.14. The van der Waals surface area contributed by atoms with E-state index in [1.807, 2.05) is 78.6 Å². The minimum absolute atomic E-state index is 0. The number of benzene rings is 2. The van der Waals surface area contributed by atoms with Crippen LogP contribution >= 0.6 is 24.8 Å². The molecular formula is C28H30Cl2N6O2. The Kier molecular flexibility index (Phi) is 9.14. The average molecular weight is 553 g/mol. The number of rotatable bonds is 7. The first-order valence-electron chi connectivity index (χ1n) is 11.9. The molecule has 38 heavy (non-hydrogen) atoms. The van der Waals surface area contributed by atoms with Gasteiger partial charge in [-0.05, 0) is 42.5 Å². The second kappa shape index (κ2) is 12.1. The largest absolute Gasteiger partial charge is 0.384 e. The van der Waals surface area contributed by atoms with Crippen LogP contribution in [0, 0.1) is 6.92 Å². The molecule has 0 bridgehead atoms. The highest BCUT2D eigenvalue weighted by molar-refractivity contribution is 5.85. The van der Waals surface area contributed by atoms with Gasteiger partial charge < -0.3 is 16.4 Å². The zero-order chi connectivity index (χ0) is 25.2. The van der Waals surface area contributed by atoms with Gasteiger partial charge in [0.05, 0.1) is 6.04 Å². The lowest BCUT2D eigenvalue weighted by Crippen LogP contribution is -2.39. The van der Waals surface area contributed by atoms with E-state index in [4.69, 9.17) is 11.5 Å². The van der Waals surface area contributed by atoms with Crippen LogP contribution in [0.3, 0.4) is 0 Å². The van der Waals surface area contributed by atoms with Gasteiger partial charge in [-0.1, -0.05) is 66.7 Å². The lowest BCUT2D eigenvalue weighted by molar-refractivity contribution is -0.121. The minimum atomic E-state index is -0.678. The molecule has 2 aromatic heterocycles. The van der Waals surface area contributed by atoms with E-state index in [9.17, 15) is 9.59 Å². The van der Waals surface area contributed by atoms with Gasteiger partial charge in [0, 0.05) is 24.1 Å². The van der Waals surface area contributed by atoms with Gasteiger partial charge in [-0.3, -0.25) is 14.2 Å². The predicted molar refractivity (Wildman–Crippen MR) is 154 cm³/mol. The average Bonchev–Trinajstić information content (AvgIpc) is 3.32. The van der Waals surface area contributed by atoms with E-state index in [1.54, 1.807) is 12.3 Å².